The second kappa shape index (κ2) is 7.01. The van der Waals surface area contributed by atoms with Gasteiger partial charge in [0.15, 0.2) is 0 Å². The van der Waals surface area contributed by atoms with Gasteiger partial charge in [0.1, 0.15) is 5.84 Å². The third kappa shape index (κ3) is 4.46. The molecule has 1 aliphatic heterocycles. The number of rotatable bonds is 4. The van der Waals surface area contributed by atoms with Crippen LogP contribution in [0.3, 0.4) is 0 Å². The van der Waals surface area contributed by atoms with Gasteiger partial charge in [-0.05, 0) is 48.0 Å². The van der Waals surface area contributed by atoms with Crippen molar-refractivity contribution in [1.82, 2.24) is 4.90 Å². The van der Waals surface area contributed by atoms with E-state index in [9.17, 15) is 0 Å². The maximum absolute atomic E-state index is 6.15. The molecule has 4 nitrogen and oxygen atoms in total. The van der Waals surface area contributed by atoms with Gasteiger partial charge in [-0.2, -0.15) is 0 Å². The van der Waals surface area contributed by atoms with Gasteiger partial charge in [-0.1, -0.05) is 18.6 Å². The van der Waals surface area contributed by atoms with Crippen LogP contribution >= 0.6 is 0 Å². The van der Waals surface area contributed by atoms with Crippen LogP contribution in [0.15, 0.2) is 28.3 Å². The van der Waals surface area contributed by atoms with Crippen molar-refractivity contribution < 1.29 is 9.31 Å². The van der Waals surface area contributed by atoms with Crippen molar-refractivity contribution in [3.05, 3.63) is 23.3 Å². The molecule has 0 unspecified atom stereocenters. The first-order valence-corrected chi connectivity index (χ1v) is 7.94. The molecule has 124 valence electrons. The summed E-state index contributed by atoms with van der Waals surface area (Å²) in [5.41, 5.74) is 1.55. The van der Waals surface area contributed by atoms with Crippen molar-refractivity contribution in [1.29, 1.82) is 0 Å². The van der Waals surface area contributed by atoms with Gasteiger partial charge >= 0.3 is 7.12 Å². The Balaban J connectivity index is 3.14. The standard InChI is InChI=1S/C17H31BN2O2/c1-10-13(2)11-15(12-19-14(3)20(8)9)18-21-16(4,5)17(6,7)22-18/h11-12H,10H2,1-9H3/b13-11+,15-12+,19-14?. The molecule has 0 aliphatic carbocycles. The summed E-state index contributed by atoms with van der Waals surface area (Å²) in [6.07, 6.45) is 4.97. The lowest BCUT2D eigenvalue weighted by molar-refractivity contribution is 0.00578. The predicted octanol–water partition coefficient (Wildman–Crippen LogP) is 3.84. The Kier molecular flexibility index (Phi) is 6.05. The molecule has 0 spiro atoms. The highest BCUT2D eigenvalue weighted by molar-refractivity contribution is 6.55. The third-order valence-electron chi connectivity index (χ3n) is 4.54. The van der Waals surface area contributed by atoms with E-state index in [4.69, 9.17) is 9.31 Å². The maximum Gasteiger partial charge on any atom is 0.496 e. The first-order chi connectivity index (χ1) is 10.00. The molecule has 1 saturated heterocycles. The summed E-state index contributed by atoms with van der Waals surface area (Å²) in [6.45, 7) is 14.5. The fourth-order valence-corrected chi connectivity index (χ4v) is 1.82. The molecule has 0 aromatic carbocycles. The van der Waals surface area contributed by atoms with Gasteiger partial charge < -0.3 is 14.2 Å². The smallest absolute Gasteiger partial charge is 0.399 e. The summed E-state index contributed by atoms with van der Waals surface area (Å²) in [7, 11) is 3.58. The highest BCUT2D eigenvalue weighted by Crippen LogP contribution is 2.38. The lowest BCUT2D eigenvalue weighted by Crippen LogP contribution is -2.41. The molecule has 1 rings (SSSR count). The molecule has 0 amide bonds. The Bertz CT molecular complexity index is 475. The van der Waals surface area contributed by atoms with Gasteiger partial charge in [0.25, 0.3) is 0 Å². The summed E-state index contributed by atoms with van der Waals surface area (Å²) in [6, 6.07) is 0. The van der Waals surface area contributed by atoms with Crippen LogP contribution in [0.1, 0.15) is 54.9 Å². The minimum Gasteiger partial charge on any atom is -0.399 e. The summed E-state index contributed by atoms with van der Waals surface area (Å²) >= 11 is 0. The van der Waals surface area contributed by atoms with E-state index in [0.29, 0.717) is 0 Å². The number of hydrogen-bond acceptors (Lipinski definition) is 3. The van der Waals surface area contributed by atoms with Crippen LogP contribution in [0.4, 0.5) is 0 Å². The molecule has 0 saturated carbocycles. The predicted molar refractivity (Wildman–Crippen MR) is 95.0 cm³/mol. The van der Waals surface area contributed by atoms with Crippen LogP contribution in [0.2, 0.25) is 0 Å². The molecule has 0 aromatic heterocycles. The second-order valence-corrected chi connectivity index (χ2v) is 7.13. The van der Waals surface area contributed by atoms with E-state index in [2.05, 4.69) is 52.6 Å². The topological polar surface area (TPSA) is 34.1 Å². The van der Waals surface area contributed by atoms with Crippen LogP contribution in [0.25, 0.3) is 0 Å². The van der Waals surface area contributed by atoms with E-state index in [-0.39, 0.29) is 18.3 Å². The Morgan fingerprint density at radius 3 is 2.00 bits per heavy atom. The van der Waals surface area contributed by atoms with Crippen LogP contribution in [0, 0.1) is 0 Å². The Morgan fingerprint density at radius 2 is 1.59 bits per heavy atom. The van der Waals surface area contributed by atoms with Gasteiger partial charge in [0.05, 0.1) is 11.2 Å². The summed E-state index contributed by atoms with van der Waals surface area (Å²) in [5.74, 6) is 0.941. The first-order valence-electron chi connectivity index (χ1n) is 7.94. The molecule has 0 aromatic rings. The molecular formula is C17H31BN2O2. The van der Waals surface area contributed by atoms with Crippen molar-refractivity contribution in [3.8, 4) is 0 Å². The summed E-state index contributed by atoms with van der Waals surface area (Å²) in [4.78, 5) is 6.51. The molecular weight excluding hydrogens is 275 g/mol. The molecule has 1 fully saturated rings. The van der Waals surface area contributed by atoms with Crippen molar-refractivity contribution in [3.63, 3.8) is 0 Å². The van der Waals surface area contributed by atoms with Gasteiger partial charge in [0, 0.05) is 25.8 Å². The van der Waals surface area contributed by atoms with Crippen LogP contribution < -0.4 is 0 Å². The second-order valence-electron chi connectivity index (χ2n) is 7.13. The highest BCUT2D eigenvalue weighted by atomic mass is 16.7. The molecule has 0 N–H and O–H groups in total. The quantitative estimate of drug-likeness (QED) is 0.342. The normalized spacial score (nSPS) is 22.2. The Labute approximate surface area is 136 Å². The third-order valence-corrected chi connectivity index (χ3v) is 4.54. The molecule has 5 heteroatoms. The number of allylic oxidation sites excluding steroid dienone is 3. The lowest BCUT2D eigenvalue weighted by Gasteiger charge is -2.32. The minimum absolute atomic E-state index is 0.342. The van der Waals surface area contributed by atoms with Crippen LogP contribution in [0.5, 0.6) is 0 Å². The van der Waals surface area contributed by atoms with Crippen LogP contribution in [-0.4, -0.2) is 43.2 Å². The molecule has 1 aliphatic rings. The zero-order valence-electron chi connectivity index (χ0n) is 15.7. The lowest BCUT2D eigenvalue weighted by atomic mass is 9.77. The molecule has 0 bridgehead atoms. The van der Waals surface area contributed by atoms with E-state index in [1.165, 1.54) is 5.57 Å². The average molecular weight is 306 g/mol. The minimum atomic E-state index is -0.384. The monoisotopic (exact) mass is 306 g/mol. The van der Waals surface area contributed by atoms with Crippen LogP contribution in [-0.2, 0) is 9.31 Å². The largest absolute Gasteiger partial charge is 0.496 e. The highest BCUT2D eigenvalue weighted by Gasteiger charge is 2.52. The maximum atomic E-state index is 6.15. The Morgan fingerprint density at radius 1 is 1.09 bits per heavy atom. The van der Waals surface area contributed by atoms with Crippen molar-refractivity contribution in [2.45, 2.75) is 66.1 Å². The summed E-state index contributed by atoms with van der Waals surface area (Å²) < 4.78 is 12.3. The van der Waals surface area contributed by atoms with Crippen molar-refractivity contribution >= 4 is 13.0 Å². The van der Waals surface area contributed by atoms with Gasteiger partial charge in [-0.15, -0.1) is 0 Å². The van der Waals surface area contributed by atoms with Gasteiger partial charge in [-0.25, -0.2) is 4.99 Å². The van der Waals surface area contributed by atoms with E-state index in [1.54, 1.807) is 0 Å². The molecule has 22 heavy (non-hydrogen) atoms. The first kappa shape index (κ1) is 19.0. The van der Waals surface area contributed by atoms with Crippen molar-refractivity contribution in [2.24, 2.45) is 4.99 Å². The average Bonchev–Trinajstić information content (AvgIpc) is 2.62. The van der Waals surface area contributed by atoms with E-state index in [0.717, 1.165) is 17.7 Å². The zero-order valence-corrected chi connectivity index (χ0v) is 15.7. The fourth-order valence-electron chi connectivity index (χ4n) is 1.82. The number of aliphatic imine (C=N–C) groups is 1. The number of hydrogen-bond donors (Lipinski definition) is 0. The zero-order chi connectivity index (χ0) is 17.1. The number of nitrogens with zero attached hydrogens (tertiary/aromatic N) is 2. The van der Waals surface area contributed by atoms with Gasteiger partial charge in [-0.3, -0.25) is 0 Å². The summed E-state index contributed by atoms with van der Waals surface area (Å²) in [5, 5.41) is 0. The number of amidine groups is 1. The Hall–Kier alpha value is -1.07. The van der Waals surface area contributed by atoms with E-state index >= 15 is 0 Å². The van der Waals surface area contributed by atoms with Crippen molar-refractivity contribution in [2.75, 3.05) is 14.1 Å². The SMILES string of the molecule is CC/C(C)=C/C(=C\N=C(C)N(C)C)B1OC(C)(C)C(C)(C)O1. The molecule has 0 radical (unpaired) electrons. The van der Waals surface area contributed by atoms with Gasteiger partial charge in [0.2, 0.25) is 0 Å². The van der Waals surface area contributed by atoms with E-state index < -0.39 is 0 Å². The van der Waals surface area contributed by atoms with E-state index in [1.807, 2.05) is 32.1 Å². The fraction of sp³-hybridized carbons (Fsp3) is 0.706. The molecule has 0 atom stereocenters. The molecule has 1 heterocycles.